The lowest BCUT2D eigenvalue weighted by molar-refractivity contribution is -0.132. The van der Waals surface area contributed by atoms with Crippen LogP contribution in [-0.4, -0.2) is 24.8 Å². The highest BCUT2D eigenvalue weighted by Gasteiger charge is 2.09. The first-order chi connectivity index (χ1) is 10.6. The van der Waals surface area contributed by atoms with Crippen molar-refractivity contribution in [1.29, 1.82) is 5.26 Å². The van der Waals surface area contributed by atoms with Crippen LogP contribution >= 0.6 is 0 Å². The Morgan fingerprint density at radius 1 is 1.32 bits per heavy atom. The summed E-state index contributed by atoms with van der Waals surface area (Å²) in [6.45, 7) is 2.77. The zero-order valence-corrected chi connectivity index (χ0v) is 13.0. The van der Waals surface area contributed by atoms with E-state index in [1.807, 2.05) is 0 Å². The van der Waals surface area contributed by atoms with Gasteiger partial charge in [0.15, 0.2) is 11.5 Å². The quantitative estimate of drug-likeness (QED) is 0.428. The predicted molar refractivity (Wildman–Crippen MR) is 83.9 cm³/mol. The van der Waals surface area contributed by atoms with Crippen molar-refractivity contribution in [1.82, 2.24) is 0 Å². The zero-order valence-electron chi connectivity index (χ0n) is 13.0. The molecule has 0 aliphatic heterocycles. The lowest BCUT2D eigenvalue weighted by Crippen LogP contribution is -2.00. The van der Waals surface area contributed by atoms with Gasteiger partial charge in [-0.05, 0) is 30.2 Å². The number of aliphatic carboxylic acids is 1. The van der Waals surface area contributed by atoms with E-state index in [0.29, 0.717) is 23.7 Å². The number of ether oxygens (including phenoxy) is 2. The summed E-state index contributed by atoms with van der Waals surface area (Å²) >= 11 is 0. The summed E-state index contributed by atoms with van der Waals surface area (Å²) in [5, 5.41) is 17.6. The number of rotatable bonds is 9. The van der Waals surface area contributed by atoms with Crippen molar-refractivity contribution in [2.24, 2.45) is 0 Å². The van der Waals surface area contributed by atoms with Gasteiger partial charge >= 0.3 is 5.97 Å². The molecule has 0 heterocycles. The van der Waals surface area contributed by atoms with Crippen molar-refractivity contribution >= 4 is 12.0 Å². The minimum absolute atomic E-state index is 0.324. The van der Waals surface area contributed by atoms with Crippen LogP contribution in [0.1, 0.15) is 38.2 Å². The highest BCUT2D eigenvalue weighted by atomic mass is 16.5. The van der Waals surface area contributed by atoms with Crippen molar-refractivity contribution in [2.75, 3.05) is 13.7 Å². The Morgan fingerprint density at radius 2 is 2.09 bits per heavy atom. The van der Waals surface area contributed by atoms with Crippen molar-refractivity contribution in [3.8, 4) is 17.6 Å². The highest BCUT2D eigenvalue weighted by molar-refractivity contribution is 5.96. The maximum absolute atomic E-state index is 10.8. The minimum Gasteiger partial charge on any atom is -0.493 e. The first-order valence-electron chi connectivity index (χ1n) is 7.28. The number of carboxylic acids is 1. The van der Waals surface area contributed by atoms with Gasteiger partial charge in [0.05, 0.1) is 13.7 Å². The van der Waals surface area contributed by atoms with E-state index in [4.69, 9.17) is 19.8 Å². The third-order valence-corrected chi connectivity index (χ3v) is 3.11. The Labute approximate surface area is 130 Å². The topological polar surface area (TPSA) is 79.5 Å². The summed E-state index contributed by atoms with van der Waals surface area (Å²) in [5.74, 6) is -0.116. The zero-order chi connectivity index (χ0) is 16.4. The van der Waals surface area contributed by atoms with E-state index in [-0.39, 0.29) is 5.57 Å². The molecule has 0 radical (unpaired) electrons. The van der Waals surface area contributed by atoms with Crippen LogP contribution in [0.5, 0.6) is 11.5 Å². The Kier molecular flexibility index (Phi) is 7.55. The summed E-state index contributed by atoms with van der Waals surface area (Å²) in [6.07, 6.45) is 5.78. The molecule has 0 bridgehead atoms. The van der Waals surface area contributed by atoms with Crippen molar-refractivity contribution < 1.29 is 19.4 Å². The van der Waals surface area contributed by atoms with Crippen LogP contribution in [0.25, 0.3) is 6.08 Å². The Bertz CT molecular complexity index is 573. The van der Waals surface area contributed by atoms with Gasteiger partial charge in [-0.25, -0.2) is 4.79 Å². The first kappa shape index (κ1) is 17.6. The molecule has 22 heavy (non-hydrogen) atoms. The summed E-state index contributed by atoms with van der Waals surface area (Å²) in [7, 11) is 1.52. The third-order valence-electron chi connectivity index (χ3n) is 3.11. The average molecular weight is 303 g/mol. The Balaban J connectivity index is 2.79. The fourth-order valence-corrected chi connectivity index (χ4v) is 1.91. The molecule has 1 aromatic rings. The number of carbonyl (C=O) groups is 1. The van der Waals surface area contributed by atoms with E-state index in [1.165, 1.54) is 26.0 Å². The van der Waals surface area contributed by atoms with Gasteiger partial charge in [0.1, 0.15) is 11.6 Å². The molecule has 5 heteroatoms. The maximum atomic E-state index is 10.8. The van der Waals surface area contributed by atoms with Crippen LogP contribution in [0.4, 0.5) is 0 Å². The fraction of sp³-hybridized carbons (Fsp3) is 0.412. The smallest absolute Gasteiger partial charge is 0.346 e. The van der Waals surface area contributed by atoms with E-state index in [9.17, 15) is 4.79 Å². The second kappa shape index (κ2) is 9.46. The third kappa shape index (κ3) is 5.49. The molecule has 1 N–H and O–H groups in total. The number of hydrogen-bond acceptors (Lipinski definition) is 4. The summed E-state index contributed by atoms with van der Waals surface area (Å²) in [6, 6.07) is 6.72. The lowest BCUT2D eigenvalue weighted by Gasteiger charge is -2.11. The number of benzene rings is 1. The predicted octanol–water partition coefficient (Wildman–Crippen LogP) is 3.65. The molecule has 0 aliphatic rings. The van der Waals surface area contributed by atoms with E-state index in [1.54, 1.807) is 24.3 Å². The number of unbranched alkanes of at least 4 members (excludes halogenated alkanes) is 3. The highest BCUT2D eigenvalue weighted by Crippen LogP contribution is 2.29. The normalized spacial score (nSPS) is 10.9. The van der Waals surface area contributed by atoms with Gasteiger partial charge in [0.25, 0.3) is 0 Å². The van der Waals surface area contributed by atoms with E-state index in [0.717, 1.165) is 12.8 Å². The molecule has 0 saturated carbocycles. The van der Waals surface area contributed by atoms with Gasteiger partial charge in [-0.3, -0.25) is 0 Å². The van der Waals surface area contributed by atoms with E-state index in [2.05, 4.69) is 6.92 Å². The number of hydrogen-bond donors (Lipinski definition) is 1. The second-order valence-corrected chi connectivity index (χ2v) is 4.79. The average Bonchev–Trinajstić information content (AvgIpc) is 2.52. The molecule has 1 rings (SSSR count). The molecular formula is C17H21NO4. The van der Waals surface area contributed by atoms with Gasteiger partial charge in [-0.2, -0.15) is 5.26 Å². The fourth-order valence-electron chi connectivity index (χ4n) is 1.91. The molecule has 0 amide bonds. The van der Waals surface area contributed by atoms with Crippen LogP contribution < -0.4 is 9.47 Å². The van der Waals surface area contributed by atoms with Gasteiger partial charge < -0.3 is 14.6 Å². The van der Waals surface area contributed by atoms with Gasteiger partial charge in [0.2, 0.25) is 0 Å². The Hall–Kier alpha value is -2.48. The van der Waals surface area contributed by atoms with Crippen molar-refractivity contribution in [3.05, 3.63) is 29.3 Å². The molecule has 0 aliphatic carbocycles. The van der Waals surface area contributed by atoms with Crippen LogP contribution in [0.3, 0.4) is 0 Å². The van der Waals surface area contributed by atoms with E-state index >= 15 is 0 Å². The lowest BCUT2D eigenvalue weighted by atomic mass is 10.1. The standard InChI is InChI=1S/C17H21NO4/c1-3-4-5-6-9-22-15-8-7-13(11-16(15)21-2)10-14(12-18)17(19)20/h7-8,10-11H,3-6,9H2,1-2H3,(H,19,20). The van der Waals surface area contributed by atoms with Gasteiger partial charge in [-0.15, -0.1) is 0 Å². The number of nitrogens with zero attached hydrogens (tertiary/aromatic N) is 1. The van der Waals surface area contributed by atoms with Crippen LogP contribution in [0.15, 0.2) is 23.8 Å². The summed E-state index contributed by atoms with van der Waals surface area (Å²) in [4.78, 5) is 10.8. The van der Waals surface area contributed by atoms with Crippen LogP contribution in [-0.2, 0) is 4.79 Å². The van der Waals surface area contributed by atoms with Crippen molar-refractivity contribution in [2.45, 2.75) is 32.6 Å². The molecule has 0 saturated heterocycles. The van der Waals surface area contributed by atoms with Crippen LogP contribution in [0, 0.1) is 11.3 Å². The maximum Gasteiger partial charge on any atom is 0.346 e. The second-order valence-electron chi connectivity index (χ2n) is 4.79. The van der Waals surface area contributed by atoms with Gasteiger partial charge in [-0.1, -0.05) is 32.3 Å². The molecule has 0 atom stereocenters. The largest absolute Gasteiger partial charge is 0.493 e. The monoisotopic (exact) mass is 303 g/mol. The van der Waals surface area contributed by atoms with Crippen LogP contribution in [0.2, 0.25) is 0 Å². The summed E-state index contributed by atoms with van der Waals surface area (Å²) in [5.41, 5.74) is 0.254. The number of nitriles is 1. The summed E-state index contributed by atoms with van der Waals surface area (Å²) < 4.78 is 10.9. The Morgan fingerprint density at radius 3 is 2.68 bits per heavy atom. The molecule has 0 spiro atoms. The first-order valence-corrected chi connectivity index (χ1v) is 7.28. The number of carboxylic acid groups (broad SMARTS) is 1. The van der Waals surface area contributed by atoms with Crippen molar-refractivity contribution in [3.63, 3.8) is 0 Å². The van der Waals surface area contributed by atoms with E-state index < -0.39 is 5.97 Å². The molecule has 5 nitrogen and oxygen atoms in total. The molecule has 1 aromatic carbocycles. The molecule has 0 fully saturated rings. The molecular weight excluding hydrogens is 282 g/mol. The van der Waals surface area contributed by atoms with Gasteiger partial charge in [0, 0.05) is 0 Å². The minimum atomic E-state index is -1.25. The molecule has 0 unspecified atom stereocenters. The SMILES string of the molecule is CCCCCCOc1ccc(C=C(C#N)C(=O)O)cc1OC. The number of methoxy groups -OCH3 is 1. The molecule has 0 aromatic heterocycles. The molecule has 118 valence electrons.